The lowest BCUT2D eigenvalue weighted by Gasteiger charge is -2.08. The minimum atomic E-state index is -3.28. The molecule has 0 aliphatic rings. The fraction of sp³-hybridized carbons (Fsp3) is 0.120. The van der Waals surface area contributed by atoms with Crippen LogP contribution in [0.2, 0.25) is 0 Å². The number of halogens is 1. The third-order valence-electron chi connectivity index (χ3n) is 5.07. The summed E-state index contributed by atoms with van der Waals surface area (Å²) in [6, 6.07) is 24.4. The van der Waals surface area contributed by atoms with E-state index in [0.29, 0.717) is 6.42 Å². The number of carbonyl (C=O) groups excluding carboxylic acids is 1. The molecule has 0 fully saturated rings. The van der Waals surface area contributed by atoms with Crippen molar-refractivity contribution in [3.05, 3.63) is 94.6 Å². The number of anilines is 1. The molecule has 3 aromatic carbocycles. The summed E-state index contributed by atoms with van der Waals surface area (Å²) < 4.78 is 26.5. The van der Waals surface area contributed by atoms with Gasteiger partial charge in [0.1, 0.15) is 0 Å². The molecular weight excluding hydrogens is 502 g/mol. The summed E-state index contributed by atoms with van der Waals surface area (Å²) in [6.07, 6.45) is 1.80. The number of hydrogen-bond donors (Lipinski definition) is 1. The molecule has 0 bridgehead atoms. The van der Waals surface area contributed by atoms with Crippen LogP contribution in [0, 0.1) is 0 Å². The average Bonchev–Trinajstić information content (AvgIpc) is 3.18. The number of rotatable bonds is 6. The minimum Gasteiger partial charge on any atom is -0.326 e. The Kier molecular flexibility index (Phi) is 6.49. The van der Waals surface area contributed by atoms with Crippen molar-refractivity contribution in [3.63, 3.8) is 0 Å². The maximum Gasteiger partial charge on any atom is 0.221 e. The molecule has 0 saturated carbocycles. The van der Waals surface area contributed by atoms with Crippen molar-refractivity contribution in [2.75, 3.05) is 11.6 Å². The molecule has 0 spiro atoms. The molecule has 0 saturated heterocycles. The maximum atomic E-state index is 11.8. The summed E-state index contributed by atoms with van der Waals surface area (Å²) in [6.45, 7) is 1.48. The molecule has 1 heterocycles. The van der Waals surface area contributed by atoms with Gasteiger partial charge in [0.05, 0.1) is 22.0 Å². The Hall–Kier alpha value is -3.23. The van der Waals surface area contributed by atoms with Gasteiger partial charge in [-0.2, -0.15) is 5.10 Å². The van der Waals surface area contributed by atoms with E-state index in [1.807, 2.05) is 59.3 Å². The molecule has 1 amide bonds. The molecule has 8 heteroatoms. The SMILES string of the molecule is CC(=O)Nc1ccc(Cc2cc(-c3ccc(Br)cc3)n(-c3ccc(S(C)(=O)=O)cc3)n2)cc1. The first-order chi connectivity index (χ1) is 15.7. The number of amides is 1. The van der Waals surface area contributed by atoms with Crippen LogP contribution in [0.15, 0.2) is 88.2 Å². The third kappa shape index (κ3) is 5.58. The van der Waals surface area contributed by atoms with Crippen LogP contribution < -0.4 is 5.32 Å². The zero-order chi connectivity index (χ0) is 23.6. The van der Waals surface area contributed by atoms with Gasteiger partial charge in [0, 0.05) is 35.3 Å². The standard InChI is InChI=1S/C25H22BrN3O3S/c1-17(30)27-21-9-3-18(4-10-21)15-22-16-25(19-5-7-20(26)8-6-19)29(28-22)23-11-13-24(14-12-23)33(2,31)32/h3-14,16H,15H2,1-2H3,(H,27,30). The van der Waals surface area contributed by atoms with Gasteiger partial charge in [-0.05, 0) is 60.2 Å². The van der Waals surface area contributed by atoms with Gasteiger partial charge < -0.3 is 5.32 Å². The zero-order valence-electron chi connectivity index (χ0n) is 18.1. The van der Waals surface area contributed by atoms with Crippen LogP contribution in [0.3, 0.4) is 0 Å². The van der Waals surface area contributed by atoms with Gasteiger partial charge in [-0.25, -0.2) is 13.1 Å². The molecule has 6 nitrogen and oxygen atoms in total. The summed E-state index contributed by atoms with van der Waals surface area (Å²) in [4.78, 5) is 11.5. The van der Waals surface area contributed by atoms with Crippen molar-refractivity contribution < 1.29 is 13.2 Å². The van der Waals surface area contributed by atoms with Crippen molar-refractivity contribution in [3.8, 4) is 16.9 Å². The number of benzene rings is 3. The van der Waals surface area contributed by atoms with E-state index in [9.17, 15) is 13.2 Å². The lowest BCUT2D eigenvalue weighted by atomic mass is 10.1. The third-order valence-corrected chi connectivity index (χ3v) is 6.73. The van der Waals surface area contributed by atoms with Gasteiger partial charge in [0.15, 0.2) is 9.84 Å². The Morgan fingerprint density at radius 3 is 2.18 bits per heavy atom. The van der Waals surface area contributed by atoms with Gasteiger partial charge in [-0.1, -0.05) is 40.2 Å². The average molecular weight is 524 g/mol. The van der Waals surface area contributed by atoms with E-state index in [1.165, 1.54) is 13.2 Å². The number of hydrogen-bond acceptors (Lipinski definition) is 4. The number of nitrogens with one attached hydrogen (secondary N) is 1. The monoisotopic (exact) mass is 523 g/mol. The van der Waals surface area contributed by atoms with Crippen molar-refractivity contribution in [2.24, 2.45) is 0 Å². The largest absolute Gasteiger partial charge is 0.326 e. The Morgan fingerprint density at radius 2 is 1.61 bits per heavy atom. The van der Waals surface area contributed by atoms with E-state index in [1.54, 1.807) is 24.3 Å². The molecule has 1 N–H and O–H groups in total. The highest BCUT2D eigenvalue weighted by Crippen LogP contribution is 2.27. The molecule has 0 atom stereocenters. The van der Waals surface area contributed by atoms with E-state index in [2.05, 4.69) is 21.2 Å². The lowest BCUT2D eigenvalue weighted by molar-refractivity contribution is -0.114. The number of sulfone groups is 1. The van der Waals surface area contributed by atoms with Crippen LogP contribution in [0.4, 0.5) is 5.69 Å². The van der Waals surface area contributed by atoms with Crippen molar-refractivity contribution in [1.82, 2.24) is 9.78 Å². The van der Waals surface area contributed by atoms with Crippen LogP contribution in [-0.4, -0.2) is 30.4 Å². The van der Waals surface area contributed by atoms with E-state index in [4.69, 9.17) is 5.10 Å². The molecule has 33 heavy (non-hydrogen) atoms. The second kappa shape index (κ2) is 9.33. The molecule has 0 aliphatic carbocycles. The highest BCUT2D eigenvalue weighted by atomic mass is 79.9. The Labute approximate surface area is 201 Å². The molecule has 4 aromatic rings. The minimum absolute atomic E-state index is 0.109. The summed E-state index contributed by atoms with van der Waals surface area (Å²) in [5, 5.41) is 7.59. The predicted molar refractivity (Wildman–Crippen MR) is 133 cm³/mol. The normalized spacial score (nSPS) is 11.4. The quantitative estimate of drug-likeness (QED) is 0.374. The van der Waals surface area contributed by atoms with E-state index < -0.39 is 9.84 Å². The fourth-order valence-corrected chi connectivity index (χ4v) is 4.39. The molecule has 0 unspecified atom stereocenters. The van der Waals surface area contributed by atoms with E-state index >= 15 is 0 Å². The first-order valence-corrected chi connectivity index (χ1v) is 12.9. The van der Waals surface area contributed by atoms with Gasteiger partial charge in [0.2, 0.25) is 5.91 Å². The molecule has 0 aliphatic heterocycles. The Morgan fingerprint density at radius 1 is 0.970 bits per heavy atom. The van der Waals surface area contributed by atoms with Crippen LogP contribution in [0.25, 0.3) is 16.9 Å². The Balaban J connectivity index is 1.71. The Bertz CT molecular complexity index is 1390. The topological polar surface area (TPSA) is 81.1 Å². The van der Waals surface area contributed by atoms with Crippen LogP contribution in [0.1, 0.15) is 18.2 Å². The molecule has 4 rings (SSSR count). The summed E-state index contributed by atoms with van der Waals surface area (Å²) in [7, 11) is -3.28. The van der Waals surface area contributed by atoms with Gasteiger partial charge in [-0.3, -0.25) is 4.79 Å². The second-order valence-corrected chi connectivity index (χ2v) is 10.7. The molecule has 1 aromatic heterocycles. The van der Waals surface area contributed by atoms with E-state index in [-0.39, 0.29) is 10.8 Å². The summed E-state index contributed by atoms with van der Waals surface area (Å²) >= 11 is 3.47. The lowest BCUT2D eigenvalue weighted by Crippen LogP contribution is -2.05. The molecule has 0 radical (unpaired) electrons. The highest BCUT2D eigenvalue weighted by molar-refractivity contribution is 9.10. The van der Waals surface area contributed by atoms with E-state index in [0.717, 1.165) is 38.4 Å². The second-order valence-electron chi connectivity index (χ2n) is 7.76. The van der Waals surface area contributed by atoms with Gasteiger partial charge >= 0.3 is 0 Å². The van der Waals surface area contributed by atoms with Gasteiger partial charge in [0.25, 0.3) is 0 Å². The summed E-state index contributed by atoms with van der Waals surface area (Å²) in [5.74, 6) is -0.109. The maximum absolute atomic E-state index is 11.8. The summed E-state index contributed by atoms with van der Waals surface area (Å²) in [5.41, 5.74) is 5.34. The number of aromatic nitrogens is 2. The van der Waals surface area contributed by atoms with Crippen molar-refractivity contribution >= 4 is 37.4 Å². The number of nitrogens with zero attached hydrogens (tertiary/aromatic N) is 2. The smallest absolute Gasteiger partial charge is 0.221 e. The first kappa shape index (κ1) is 22.9. The number of carbonyl (C=O) groups is 1. The molecule has 168 valence electrons. The predicted octanol–water partition coefficient (Wildman–Crippen LogP) is 5.25. The van der Waals surface area contributed by atoms with Gasteiger partial charge in [-0.15, -0.1) is 0 Å². The van der Waals surface area contributed by atoms with Crippen LogP contribution in [-0.2, 0) is 21.1 Å². The van der Waals surface area contributed by atoms with Crippen molar-refractivity contribution in [2.45, 2.75) is 18.2 Å². The van der Waals surface area contributed by atoms with Crippen molar-refractivity contribution in [1.29, 1.82) is 0 Å². The zero-order valence-corrected chi connectivity index (χ0v) is 20.5. The fourth-order valence-electron chi connectivity index (χ4n) is 3.49. The highest BCUT2D eigenvalue weighted by Gasteiger charge is 2.14. The van der Waals surface area contributed by atoms with Crippen LogP contribution in [0.5, 0.6) is 0 Å². The van der Waals surface area contributed by atoms with Crippen LogP contribution >= 0.6 is 15.9 Å². The first-order valence-electron chi connectivity index (χ1n) is 10.2. The molecular formula is C25H22BrN3O3S.